The Balaban J connectivity index is 0.875. The standard InChI is InChI=1S/C45H70N4O14S/c1-53-16-17-54-18-19-55-20-21-56-22-23-57-24-25-58-26-27-59-28-29-60-30-31-61-32-33-62-63-40(50)15-13-38-12-14-39(64-38)42-46-41-43(47-42)48(34-36-8-4-2-5-9-36)45(52)49(44(41)51)35-37-10-6-3-7-11-37/h12-15,36-37H,2-11,16-35H2,1H3,(H,46,47)/b15-13+. The number of hydrogen-bond acceptors (Lipinski definition) is 16. The molecule has 0 spiro atoms. The van der Waals surface area contributed by atoms with Crippen LogP contribution in [0.15, 0.2) is 27.8 Å². The molecule has 19 heteroatoms. The van der Waals surface area contributed by atoms with Crippen LogP contribution in [0.25, 0.3) is 27.9 Å². The lowest BCUT2D eigenvalue weighted by Gasteiger charge is -2.24. The van der Waals surface area contributed by atoms with Gasteiger partial charge in [-0.1, -0.05) is 38.5 Å². The molecule has 2 aliphatic carbocycles. The summed E-state index contributed by atoms with van der Waals surface area (Å²) < 4.78 is 51.7. The van der Waals surface area contributed by atoms with Crippen molar-refractivity contribution in [1.82, 2.24) is 19.1 Å². The van der Waals surface area contributed by atoms with Gasteiger partial charge in [0.15, 0.2) is 11.5 Å². The van der Waals surface area contributed by atoms with E-state index in [1.807, 2.05) is 12.1 Å². The largest absolute Gasteiger partial charge is 0.382 e. The smallest absolute Gasteiger partial charge is 0.365 e. The fourth-order valence-corrected chi connectivity index (χ4v) is 8.44. The number of nitrogens with one attached hydrogen (secondary N) is 1. The highest BCUT2D eigenvalue weighted by molar-refractivity contribution is 7.16. The van der Waals surface area contributed by atoms with Gasteiger partial charge in [-0.05, 0) is 55.7 Å². The third kappa shape index (κ3) is 19.2. The number of methoxy groups -OCH3 is 1. The summed E-state index contributed by atoms with van der Waals surface area (Å²) in [7, 11) is 1.64. The summed E-state index contributed by atoms with van der Waals surface area (Å²) in [5.74, 6) is 0.566. The molecule has 5 rings (SSSR count). The molecule has 3 aromatic rings. The number of H-pyrrole nitrogens is 1. The van der Waals surface area contributed by atoms with E-state index >= 15 is 0 Å². The molecule has 2 aliphatic rings. The maximum absolute atomic E-state index is 13.9. The number of rotatable bonds is 35. The molecule has 0 amide bonds. The monoisotopic (exact) mass is 922 g/mol. The van der Waals surface area contributed by atoms with E-state index in [1.54, 1.807) is 17.8 Å². The van der Waals surface area contributed by atoms with Crippen LogP contribution in [0.5, 0.6) is 0 Å². The first kappa shape index (κ1) is 51.6. The molecule has 0 aromatic carbocycles. The molecule has 0 unspecified atom stereocenters. The lowest BCUT2D eigenvalue weighted by molar-refractivity contribution is -0.271. The molecule has 0 saturated heterocycles. The lowest BCUT2D eigenvalue weighted by atomic mass is 9.89. The first-order valence-electron chi connectivity index (χ1n) is 23.0. The van der Waals surface area contributed by atoms with E-state index in [4.69, 9.17) is 57.4 Å². The van der Waals surface area contributed by atoms with Crippen molar-refractivity contribution in [1.29, 1.82) is 0 Å². The molecule has 1 N–H and O–H groups in total. The number of nitrogens with zero attached hydrogens (tertiary/aromatic N) is 3. The Bertz CT molecular complexity index is 1870. The van der Waals surface area contributed by atoms with Gasteiger partial charge in [0, 0.05) is 31.2 Å². The van der Waals surface area contributed by atoms with Gasteiger partial charge in [0.1, 0.15) is 12.1 Å². The molecule has 360 valence electrons. The highest BCUT2D eigenvalue weighted by Gasteiger charge is 2.24. The number of hydrogen-bond donors (Lipinski definition) is 1. The highest BCUT2D eigenvalue weighted by Crippen LogP contribution is 2.30. The number of carbonyl (C=O) groups excluding carboxylic acids is 1. The zero-order valence-electron chi connectivity index (χ0n) is 37.6. The predicted octanol–water partition coefficient (Wildman–Crippen LogP) is 5.04. The number of aromatic nitrogens is 4. The predicted molar refractivity (Wildman–Crippen MR) is 241 cm³/mol. The Labute approximate surface area is 379 Å². The van der Waals surface area contributed by atoms with E-state index in [2.05, 4.69) is 4.98 Å². The van der Waals surface area contributed by atoms with E-state index < -0.39 is 5.97 Å². The van der Waals surface area contributed by atoms with Gasteiger partial charge < -0.3 is 47.6 Å². The van der Waals surface area contributed by atoms with Crippen LogP contribution in [0.3, 0.4) is 0 Å². The topological polar surface area (TPSA) is 191 Å². The van der Waals surface area contributed by atoms with Crippen LogP contribution >= 0.6 is 11.3 Å². The van der Waals surface area contributed by atoms with Crippen molar-refractivity contribution in [3.05, 3.63) is 43.9 Å². The molecule has 64 heavy (non-hydrogen) atoms. The molecule has 0 aliphatic heterocycles. The molecule has 18 nitrogen and oxygen atoms in total. The van der Waals surface area contributed by atoms with Crippen molar-refractivity contribution in [2.24, 2.45) is 11.8 Å². The summed E-state index contributed by atoms with van der Waals surface area (Å²) in [6.07, 6.45) is 14.2. The number of ether oxygens (including phenoxy) is 9. The van der Waals surface area contributed by atoms with E-state index in [9.17, 15) is 14.4 Å². The van der Waals surface area contributed by atoms with Crippen molar-refractivity contribution in [3.63, 3.8) is 0 Å². The van der Waals surface area contributed by atoms with E-state index in [-0.39, 0.29) is 24.5 Å². The maximum atomic E-state index is 13.9. The van der Waals surface area contributed by atoms with E-state index in [0.29, 0.717) is 148 Å². The molecule has 3 heterocycles. The quantitative estimate of drug-likeness (QED) is 0.0357. The molecule has 0 radical (unpaired) electrons. The Morgan fingerprint density at radius 2 is 1.09 bits per heavy atom. The van der Waals surface area contributed by atoms with Crippen molar-refractivity contribution in [3.8, 4) is 10.7 Å². The maximum Gasteiger partial charge on any atom is 0.365 e. The second-order valence-electron chi connectivity index (χ2n) is 15.8. The molecular formula is C45H70N4O14S. The van der Waals surface area contributed by atoms with Gasteiger partial charge in [0.05, 0.1) is 117 Å². The summed E-state index contributed by atoms with van der Waals surface area (Å²) in [4.78, 5) is 59.5. The van der Waals surface area contributed by atoms with E-state index in [1.165, 1.54) is 34.8 Å². The number of aromatic amines is 1. The second-order valence-corrected chi connectivity index (χ2v) is 16.9. The summed E-state index contributed by atoms with van der Waals surface area (Å²) in [5, 5.41) is 0. The number of thiophene rings is 1. The highest BCUT2D eigenvalue weighted by atomic mass is 32.1. The minimum atomic E-state index is -0.665. The van der Waals surface area contributed by atoms with Crippen LogP contribution in [0.1, 0.15) is 69.1 Å². The molecule has 2 saturated carbocycles. The lowest BCUT2D eigenvalue weighted by Crippen LogP contribution is -2.42. The second kappa shape index (κ2) is 31.6. The molecule has 3 aromatic heterocycles. The number of fused-ring (bicyclic) bond motifs is 1. The Kier molecular flexibility index (Phi) is 25.5. The Hall–Kier alpha value is -3.34. The first-order chi connectivity index (χ1) is 31.5. The van der Waals surface area contributed by atoms with Crippen molar-refractivity contribution >= 4 is 34.5 Å². The molecule has 0 bridgehead atoms. The van der Waals surface area contributed by atoms with Crippen LogP contribution in [-0.2, 0) is 70.3 Å². The third-order valence-electron chi connectivity index (χ3n) is 10.9. The number of carbonyl (C=O) groups is 1. The van der Waals surface area contributed by atoms with Gasteiger partial charge in [-0.3, -0.25) is 18.8 Å². The van der Waals surface area contributed by atoms with Gasteiger partial charge >= 0.3 is 11.7 Å². The van der Waals surface area contributed by atoms with Crippen LogP contribution in [0.2, 0.25) is 0 Å². The summed E-state index contributed by atoms with van der Waals surface area (Å²) in [6, 6.07) is 3.73. The van der Waals surface area contributed by atoms with Gasteiger partial charge in [-0.15, -0.1) is 11.3 Å². The van der Waals surface area contributed by atoms with Crippen LogP contribution in [0, 0.1) is 11.8 Å². The zero-order chi connectivity index (χ0) is 44.9. The first-order valence-corrected chi connectivity index (χ1v) is 23.8. The van der Waals surface area contributed by atoms with Crippen molar-refractivity contribution < 1.29 is 57.2 Å². The summed E-state index contributed by atoms with van der Waals surface area (Å²) in [6.45, 7) is 9.00. The summed E-state index contributed by atoms with van der Waals surface area (Å²) in [5.41, 5.74) is 0.203. The Morgan fingerprint density at radius 1 is 0.641 bits per heavy atom. The third-order valence-corrected chi connectivity index (χ3v) is 12.0. The van der Waals surface area contributed by atoms with Crippen LogP contribution in [0.4, 0.5) is 0 Å². The van der Waals surface area contributed by atoms with Gasteiger partial charge in [-0.25, -0.2) is 14.6 Å². The number of imidazole rings is 1. The van der Waals surface area contributed by atoms with Crippen LogP contribution < -0.4 is 11.2 Å². The van der Waals surface area contributed by atoms with Gasteiger partial charge in [0.2, 0.25) is 0 Å². The minimum absolute atomic E-state index is 0.0629. The fraction of sp³-hybridized carbons (Fsp3) is 0.733. The normalized spacial score (nSPS) is 15.3. The zero-order valence-corrected chi connectivity index (χ0v) is 38.5. The minimum Gasteiger partial charge on any atom is -0.382 e. The van der Waals surface area contributed by atoms with Gasteiger partial charge in [-0.2, -0.15) is 4.89 Å². The van der Waals surface area contributed by atoms with Crippen molar-refractivity contribution in [2.75, 3.05) is 126 Å². The molecule has 2 fully saturated rings. The molecule has 0 atom stereocenters. The fourth-order valence-electron chi connectivity index (χ4n) is 7.59. The Morgan fingerprint density at radius 3 is 1.58 bits per heavy atom. The van der Waals surface area contributed by atoms with E-state index in [0.717, 1.165) is 61.1 Å². The summed E-state index contributed by atoms with van der Waals surface area (Å²) >= 11 is 1.40. The average Bonchev–Trinajstić information content (AvgIpc) is 3.99. The average molecular weight is 923 g/mol. The van der Waals surface area contributed by atoms with Crippen LogP contribution in [-0.4, -0.2) is 151 Å². The van der Waals surface area contributed by atoms with Gasteiger partial charge in [0.25, 0.3) is 5.56 Å². The van der Waals surface area contributed by atoms with Crippen molar-refractivity contribution in [2.45, 2.75) is 77.3 Å². The SMILES string of the molecule is COCCOCCOCCOCCOCCOCCOCCOCCOCCOOC(=O)/C=C/c1ccc(-c2nc3c([nH]2)c(=O)n(CC2CCCCC2)c(=O)n3CC2CCCCC2)s1. The molecular weight excluding hydrogens is 853 g/mol.